The second-order valence-electron chi connectivity index (χ2n) is 5.21. The van der Waals surface area contributed by atoms with Crippen LogP contribution in [-0.2, 0) is 16.6 Å². The van der Waals surface area contributed by atoms with Crippen molar-refractivity contribution < 1.29 is 17.9 Å². The molecular formula is C18H23NO4S. The second kappa shape index (κ2) is 8.17. The molecule has 6 heteroatoms. The van der Waals surface area contributed by atoms with Crippen LogP contribution in [0.3, 0.4) is 0 Å². The van der Waals surface area contributed by atoms with E-state index in [0.29, 0.717) is 24.7 Å². The van der Waals surface area contributed by atoms with Gasteiger partial charge in [0.2, 0.25) is 10.0 Å². The summed E-state index contributed by atoms with van der Waals surface area (Å²) < 4.78 is 37.7. The van der Waals surface area contributed by atoms with Gasteiger partial charge in [0.15, 0.2) is 0 Å². The summed E-state index contributed by atoms with van der Waals surface area (Å²) in [5, 5.41) is 0. The Morgan fingerprint density at radius 1 is 0.917 bits per heavy atom. The molecular weight excluding hydrogens is 326 g/mol. The fourth-order valence-corrected chi connectivity index (χ4v) is 3.46. The van der Waals surface area contributed by atoms with Crippen LogP contribution in [0.2, 0.25) is 0 Å². The van der Waals surface area contributed by atoms with Crippen LogP contribution in [-0.4, -0.2) is 33.0 Å². The first kappa shape index (κ1) is 18.3. The predicted molar refractivity (Wildman–Crippen MR) is 93.9 cm³/mol. The number of para-hydroxylation sites is 1. The van der Waals surface area contributed by atoms with E-state index in [-0.39, 0.29) is 11.4 Å². The van der Waals surface area contributed by atoms with E-state index < -0.39 is 10.0 Å². The standard InChI is InChI=1S/C18H23NO4S/c1-4-22-16-10-12-17(13-11-16)24(20,21)19(3)14-15-8-6-7-9-18(15)23-5-2/h6-13H,4-5,14H2,1-3H3. The molecule has 0 aromatic heterocycles. The Morgan fingerprint density at radius 2 is 1.54 bits per heavy atom. The highest BCUT2D eigenvalue weighted by atomic mass is 32.2. The van der Waals surface area contributed by atoms with E-state index in [1.54, 1.807) is 31.3 Å². The summed E-state index contributed by atoms with van der Waals surface area (Å²) in [5.74, 6) is 1.36. The second-order valence-corrected chi connectivity index (χ2v) is 7.25. The Hall–Kier alpha value is -2.05. The largest absolute Gasteiger partial charge is 0.494 e. The van der Waals surface area contributed by atoms with Gasteiger partial charge in [0.1, 0.15) is 11.5 Å². The molecule has 0 atom stereocenters. The Balaban J connectivity index is 2.20. The lowest BCUT2D eigenvalue weighted by atomic mass is 10.2. The molecule has 0 heterocycles. The Labute approximate surface area is 143 Å². The van der Waals surface area contributed by atoms with Gasteiger partial charge in [-0.2, -0.15) is 4.31 Å². The topological polar surface area (TPSA) is 55.8 Å². The molecule has 0 bridgehead atoms. The molecule has 0 unspecified atom stereocenters. The molecule has 0 saturated carbocycles. The first-order valence-corrected chi connectivity index (χ1v) is 9.33. The van der Waals surface area contributed by atoms with Crippen molar-refractivity contribution in [2.24, 2.45) is 0 Å². The highest BCUT2D eigenvalue weighted by Gasteiger charge is 2.22. The highest BCUT2D eigenvalue weighted by molar-refractivity contribution is 7.89. The van der Waals surface area contributed by atoms with Gasteiger partial charge in [-0.15, -0.1) is 0 Å². The molecule has 0 fully saturated rings. The van der Waals surface area contributed by atoms with Crippen LogP contribution in [0, 0.1) is 0 Å². The molecule has 0 amide bonds. The Morgan fingerprint density at radius 3 is 2.17 bits per heavy atom. The smallest absolute Gasteiger partial charge is 0.243 e. The zero-order valence-corrected chi connectivity index (χ0v) is 15.0. The maximum atomic E-state index is 12.7. The van der Waals surface area contributed by atoms with Gasteiger partial charge in [-0.05, 0) is 44.2 Å². The van der Waals surface area contributed by atoms with Gasteiger partial charge in [0.05, 0.1) is 18.1 Å². The van der Waals surface area contributed by atoms with Crippen LogP contribution in [0.5, 0.6) is 11.5 Å². The Kier molecular flexibility index (Phi) is 6.23. The minimum Gasteiger partial charge on any atom is -0.494 e. The van der Waals surface area contributed by atoms with Crippen molar-refractivity contribution in [2.75, 3.05) is 20.3 Å². The van der Waals surface area contributed by atoms with Gasteiger partial charge in [-0.3, -0.25) is 0 Å². The van der Waals surface area contributed by atoms with Crippen molar-refractivity contribution in [3.63, 3.8) is 0 Å². The summed E-state index contributed by atoms with van der Waals surface area (Å²) in [4.78, 5) is 0.238. The molecule has 0 saturated heterocycles. The van der Waals surface area contributed by atoms with Gasteiger partial charge >= 0.3 is 0 Å². The van der Waals surface area contributed by atoms with E-state index in [0.717, 1.165) is 5.56 Å². The van der Waals surface area contributed by atoms with Crippen molar-refractivity contribution in [1.82, 2.24) is 4.31 Å². The lowest BCUT2D eigenvalue weighted by molar-refractivity contribution is 0.332. The first-order valence-electron chi connectivity index (χ1n) is 7.89. The predicted octanol–water partition coefficient (Wildman–Crippen LogP) is 3.30. The van der Waals surface area contributed by atoms with E-state index in [1.807, 2.05) is 38.1 Å². The van der Waals surface area contributed by atoms with Crippen LogP contribution in [0.25, 0.3) is 0 Å². The summed E-state index contributed by atoms with van der Waals surface area (Å²) in [6.45, 7) is 5.10. The third-order valence-corrected chi connectivity index (χ3v) is 5.33. The van der Waals surface area contributed by atoms with Crippen molar-refractivity contribution in [3.8, 4) is 11.5 Å². The molecule has 2 aromatic carbocycles. The quantitative estimate of drug-likeness (QED) is 0.734. The molecule has 5 nitrogen and oxygen atoms in total. The SMILES string of the molecule is CCOc1ccc(S(=O)(=O)N(C)Cc2ccccc2OCC)cc1. The van der Waals surface area contributed by atoms with Gasteiger partial charge in [-0.25, -0.2) is 8.42 Å². The molecule has 2 rings (SSSR count). The number of nitrogens with zero attached hydrogens (tertiary/aromatic N) is 1. The minimum absolute atomic E-state index is 0.238. The molecule has 0 aliphatic rings. The molecule has 130 valence electrons. The van der Waals surface area contributed by atoms with E-state index in [9.17, 15) is 8.42 Å². The number of sulfonamides is 1. The highest BCUT2D eigenvalue weighted by Crippen LogP contribution is 2.24. The average molecular weight is 349 g/mol. The Bertz CT molecular complexity index is 757. The van der Waals surface area contributed by atoms with Crippen LogP contribution in [0.1, 0.15) is 19.4 Å². The zero-order chi connectivity index (χ0) is 17.6. The van der Waals surface area contributed by atoms with Crippen molar-refractivity contribution >= 4 is 10.0 Å². The average Bonchev–Trinajstić information content (AvgIpc) is 2.57. The molecule has 0 N–H and O–H groups in total. The summed E-state index contributed by atoms with van der Waals surface area (Å²) in [6.07, 6.45) is 0. The lowest BCUT2D eigenvalue weighted by Gasteiger charge is -2.19. The van der Waals surface area contributed by atoms with Crippen LogP contribution in [0.4, 0.5) is 0 Å². The first-order chi connectivity index (χ1) is 11.5. The minimum atomic E-state index is -3.58. The van der Waals surface area contributed by atoms with Crippen LogP contribution in [0.15, 0.2) is 53.4 Å². The van der Waals surface area contributed by atoms with Gasteiger partial charge < -0.3 is 9.47 Å². The van der Waals surface area contributed by atoms with E-state index in [2.05, 4.69) is 0 Å². The van der Waals surface area contributed by atoms with Crippen molar-refractivity contribution in [1.29, 1.82) is 0 Å². The zero-order valence-electron chi connectivity index (χ0n) is 14.2. The monoisotopic (exact) mass is 349 g/mol. The molecule has 0 radical (unpaired) electrons. The molecule has 0 spiro atoms. The molecule has 0 aliphatic heterocycles. The van der Waals surface area contributed by atoms with E-state index in [1.165, 1.54) is 4.31 Å². The summed E-state index contributed by atoms with van der Waals surface area (Å²) in [6, 6.07) is 13.9. The number of benzene rings is 2. The van der Waals surface area contributed by atoms with Gasteiger partial charge in [0, 0.05) is 19.2 Å². The third kappa shape index (κ3) is 4.27. The fourth-order valence-electron chi connectivity index (χ4n) is 2.31. The number of hydrogen-bond acceptors (Lipinski definition) is 4. The normalized spacial score (nSPS) is 11.5. The number of rotatable bonds is 8. The van der Waals surface area contributed by atoms with E-state index in [4.69, 9.17) is 9.47 Å². The van der Waals surface area contributed by atoms with Gasteiger partial charge in [-0.1, -0.05) is 18.2 Å². The lowest BCUT2D eigenvalue weighted by Crippen LogP contribution is -2.26. The number of ether oxygens (including phenoxy) is 2. The van der Waals surface area contributed by atoms with Crippen LogP contribution >= 0.6 is 0 Å². The summed E-state index contributed by atoms with van der Waals surface area (Å²) in [5.41, 5.74) is 0.830. The fraction of sp³-hybridized carbons (Fsp3) is 0.333. The third-order valence-electron chi connectivity index (χ3n) is 3.51. The molecule has 0 aliphatic carbocycles. The molecule has 24 heavy (non-hydrogen) atoms. The number of hydrogen-bond donors (Lipinski definition) is 0. The maximum Gasteiger partial charge on any atom is 0.243 e. The summed E-state index contributed by atoms with van der Waals surface area (Å²) >= 11 is 0. The van der Waals surface area contributed by atoms with Crippen molar-refractivity contribution in [2.45, 2.75) is 25.3 Å². The maximum absolute atomic E-state index is 12.7. The van der Waals surface area contributed by atoms with E-state index >= 15 is 0 Å². The van der Waals surface area contributed by atoms with Gasteiger partial charge in [0.25, 0.3) is 0 Å². The molecule has 2 aromatic rings. The summed E-state index contributed by atoms with van der Waals surface area (Å²) in [7, 11) is -2.01. The van der Waals surface area contributed by atoms with Crippen LogP contribution < -0.4 is 9.47 Å². The van der Waals surface area contributed by atoms with Crippen molar-refractivity contribution in [3.05, 3.63) is 54.1 Å².